The molecule has 1 saturated heterocycles. The molecule has 0 spiro atoms. The van der Waals surface area contributed by atoms with E-state index in [-0.39, 0.29) is 11.2 Å². The molecule has 4 rings (SSSR count). The largest absolute Gasteiger partial charge is 0.342 e. The summed E-state index contributed by atoms with van der Waals surface area (Å²) in [6, 6.07) is 0. The fourth-order valence-electron chi connectivity index (χ4n) is 3.74. The minimum Gasteiger partial charge on any atom is -0.342 e. The second-order valence-corrected chi connectivity index (χ2v) is 9.17. The van der Waals surface area contributed by atoms with Crippen molar-refractivity contribution < 1.29 is 4.79 Å². The van der Waals surface area contributed by atoms with Crippen LogP contribution in [0.1, 0.15) is 48.9 Å². The van der Waals surface area contributed by atoms with Crippen LogP contribution in [0, 0.1) is 6.92 Å². The molecule has 128 valence electrons. The van der Waals surface area contributed by atoms with E-state index < -0.39 is 0 Å². The van der Waals surface area contributed by atoms with Crippen molar-refractivity contribution >= 4 is 39.2 Å². The minimum absolute atomic E-state index is 0.0856. The molecule has 2 aromatic heterocycles. The van der Waals surface area contributed by atoms with Crippen LogP contribution < -0.4 is 0 Å². The number of thiophene rings is 1. The molecule has 0 aromatic carbocycles. The summed E-state index contributed by atoms with van der Waals surface area (Å²) in [6.45, 7) is 5.80. The average molecular weight is 362 g/mol. The summed E-state index contributed by atoms with van der Waals surface area (Å²) in [5.41, 5.74) is 1.44. The highest BCUT2D eigenvalue weighted by molar-refractivity contribution is 8.00. The maximum absolute atomic E-state index is 12.8. The van der Waals surface area contributed by atoms with Gasteiger partial charge in [0, 0.05) is 23.4 Å². The number of likely N-dealkylation sites (tertiary alicyclic amines) is 1. The Morgan fingerprint density at radius 1 is 1.17 bits per heavy atom. The van der Waals surface area contributed by atoms with Crippen LogP contribution in [0.15, 0.2) is 5.03 Å². The lowest BCUT2D eigenvalue weighted by Crippen LogP contribution is -2.40. The highest BCUT2D eigenvalue weighted by Gasteiger charge is 2.27. The zero-order chi connectivity index (χ0) is 16.7. The molecular formula is C18H23N3OS2. The lowest BCUT2D eigenvalue weighted by molar-refractivity contribution is -0.131. The van der Waals surface area contributed by atoms with Crippen LogP contribution in [-0.4, -0.2) is 39.1 Å². The lowest BCUT2D eigenvalue weighted by Gasteiger charge is -2.29. The van der Waals surface area contributed by atoms with Gasteiger partial charge in [-0.05, 0) is 57.9 Å². The average Bonchev–Trinajstić information content (AvgIpc) is 3.15. The molecule has 0 radical (unpaired) electrons. The van der Waals surface area contributed by atoms with Crippen molar-refractivity contribution in [2.75, 3.05) is 13.1 Å². The van der Waals surface area contributed by atoms with E-state index in [0.29, 0.717) is 0 Å². The smallest absolute Gasteiger partial charge is 0.235 e. The molecule has 6 heteroatoms. The summed E-state index contributed by atoms with van der Waals surface area (Å²) in [7, 11) is 0. The molecule has 3 heterocycles. The minimum atomic E-state index is -0.0856. The van der Waals surface area contributed by atoms with Crippen LogP contribution in [0.4, 0.5) is 0 Å². The number of carbonyl (C=O) groups is 1. The Kier molecular flexibility index (Phi) is 4.52. The summed E-state index contributed by atoms with van der Waals surface area (Å²) >= 11 is 3.44. The molecule has 0 saturated carbocycles. The van der Waals surface area contributed by atoms with E-state index in [1.165, 1.54) is 35.1 Å². The third-order valence-electron chi connectivity index (χ3n) is 4.95. The molecule has 1 aliphatic heterocycles. The quantitative estimate of drug-likeness (QED) is 0.613. The Hall–Kier alpha value is -1.14. The zero-order valence-corrected chi connectivity index (χ0v) is 15.9. The summed E-state index contributed by atoms with van der Waals surface area (Å²) < 4.78 is 0. The number of thioether (sulfide) groups is 1. The van der Waals surface area contributed by atoms with E-state index in [2.05, 4.69) is 4.98 Å². The van der Waals surface area contributed by atoms with Crippen molar-refractivity contribution in [1.82, 2.24) is 14.9 Å². The third-order valence-corrected chi connectivity index (χ3v) is 7.21. The molecule has 1 fully saturated rings. The van der Waals surface area contributed by atoms with E-state index in [4.69, 9.17) is 4.98 Å². The molecule has 1 atom stereocenters. The normalized spacial score (nSPS) is 18.8. The van der Waals surface area contributed by atoms with Gasteiger partial charge in [0.2, 0.25) is 5.91 Å². The Labute approximate surface area is 151 Å². The Morgan fingerprint density at radius 2 is 1.96 bits per heavy atom. The second kappa shape index (κ2) is 6.64. The van der Waals surface area contributed by atoms with Crippen molar-refractivity contribution in [3.63, 3.8) is 0 Å². The van der Waals surface area contributed by atoms with Crippen molar-refractivity contribution in [3.8, 4) is 0 Å². The van der Waals surface area contributed by atoms with E-state index in [9.17, 15) is 4.79 Å². The molecule has 2 aliphatic rings. The van der Waals surface area contributed by atoms with Gasteiger partial charge in [0.05, 0.1) is 5.25 Å². The van der Waals surface area contributed by atoms with E-state index in [1.807, 2.05) is 30.1 Å². The van der Waals surface area contributed by atoms with Gasteiger partial charge in [-0.15, -0.1) is 11.3 Å². The van der Waals surface area contributed by atoms with E-state index in [0.717, 1.165) is 48.0 Å². The van der Waals surface area contributed by atoms with Crippen LogP contribution in [0.3, 0.4) is 0 Å². The van der Waals surface area contributed by atoms with Gasteiger partial charge >= 0.3 is 0 Å². The van der Waals surface area contributed by atoms with Gasteiger partial charge in [-0.3, -0.25) is 4.79 Å². The van der Waals surface area contributed by atoms with Gasteiger partial charge in [-0.2, -0.15) is 0 Å². The molecule has 0 bridgehead atoms. The Bertz CT molecular complexity index is 780. The number of aryl methyl sites for hydroxylation is 3. The van der Waals surface area contributed by atoms with Crippen LogP contribution in [0.5, 0.6) is 0 Å². The number of aromatic nitrogens is 2. The maximum atomic E-state index is 12.8. The number of piperidine rings is 1. The topological polar surface area (TPSA) is 46.1 Å². The van der Waals surface area contributed by atoms with Crippen LogP contribution in [0.2, 0.25) is 0 Å². The standard InChI is InChI=1S/C18H23N3OS2/c1-11(18(22)21-9-4-3-5-10-21)23-16-15-13-7-6-8-14(13)24-17(15)20-12(2)19-16/h11H,3-10H2,1-2H3/t11-/m0/s1. The number of fused-ring (bicyclic) bond motifs is 3. The van der Waals surface area contributed by atoms with Gasteiger partial charge in [0.15, 0.2) is 0 Å². The lowest BCUT2D eigenvalue weighted by atomic mass is 10.1. The number of hydrogen-bond donors (Lipinski definition) is 0. The molecule has 0 N–H and O–H groups in total. The first-order valence-corrected chi connectivity index (χ1v) is 10.6. The first-order valence-electron chi connectivity index (χ1n) is 8.88. The highest BCUT2D eigenvalue weighted by atomic mass is 32.2. The third kappa shape index (κ3) is 2.94. The summed E-state index contributed by atoms with van der Waals surface area (Å²) in [4.78, 5) is 26.7. The molecule has 2 aromatic rings. The fourth-order valence-corrected chi connectivity index (χ4v) is 6.22. The van der Waals surface area contributed by atoms with Crippen molar-refractivity contribution in [3.05, 3.63) is 16.3 Å². The predicted octanol–water partition coefficient (Wildman–Crippen LogP) is 3.98. The van der Waals surface area contributed by atoms with Gasteiger partial charge in [-0.1, -0.05) is 11.8 Å². The number of amides is 1. The van der Waals surface area contributed by atoms with Gasteiger partial charge in [-0.25, -0.2) is 9.97 Å². The molecule has 1 amide bonds. The number of carbonyl (C=O) groups excluding carboxylic acids is 1. The number of nitrogens with zero attached hydrogens (tertiary/aromatic N) is 3. The van der Waals surface area contributed by atoms with Crippen molar-refractivity contribution in [2.45, 2.75) is 62.6 Å². The monoisotopic (exact) mass is 361 g/mol. The van der Waals surface area contributed by atoms with Crippen LogP contribution in [0.25, 0.3) is 10.2 Å². The first-order chi connectivity index (χ1) is 11.6. The fraction of sp³-hybridized carbons (Fsp3) is 0.611. The number of hydrogen-bond acceptors (Lipinski definition) is 5. The van der Waals surface area contributed by atoms with E-state index in [1.54, 1.807) is 11.8 Å². The molecular weight excluding hydrogens is 338 g/mol. The molecule has 24 heavy (non-hydrogen) atoms. The van der Waals surface area contributed by atoms with Crippen LogP contribution in [-0.2, 0) is 17.6 Å². The zero-order valence-electron chi connectivity index (χ0n) is 14.3. The van der Waals surface area contributed by atoms with Crippen molar-refractivity contribution in [1.29, 1.82) is 0 Å². The van der Waals surface area contributed by atoms with Crippen molar-refractivity contribution in [2.24, 2.45) is 0 Å². The molecule has 0 unspecified atom stereocenters. The first kappa shape index (κ1) is 16.3. The summed E-state index contributed by atoms with van der Waals surface area (Å²) in [5, 5.41) is 2.15. The summed E-state index contributed by atoms with van der Waals surface area (Å²) in [6.07, 6.45) is 7.05. The predicted molar refractivity (Wildman–Crippen MR) is 99.9 cm³/mol. The van der Waals surface area contributed by atoms with E-state index >= 15 is 0 Å². The Morgan fingerprint density at radius 3 is 2.75 bits per heavy atom. The Balaban J connectivity index is 1.62. The van der Waals surface area contributed by atoms with Gasteiger partial charge < -0.3 is 4.90 Å². The highest BCUT2D eigenvalue weighted by Crippen LogP contribution is 2.41. The van der Waals surface area contributed by atoms with Gasteiger partial charge in [0.25, 0.3) is 0 Å². The summed E-state index contributed by atoms with van der Waals surface area (Å²) in [5.74, 6) is 1.07. The SMILES string of the molecule is Cc1nc(S[C@@H](C)C(=O)N2CCCCC2)c2c3c(sc2n1)CCC3. The van der Waals surface area contributed by atoms with Crippen LogP contribution >= 0.6 is 23.1 Å². The number of rotatable bonds is 3. The molecule has 4 nitrogen and oxygen atoms in total. The second-order valence-electron chi connectivity index (χ2n) is 6.76. The maximum Gasteiger partial charge on any atom is 0.235 e. The van der Waals surface area contributed by atoms with Gasteiger partial charge in [0.1, 0.15) is 15.7 Å². The molecule has 1 aliphatic carbocycles.